The molecule has 1 saturated heterocycles. The van der Waals surface area contributed by atoms with Crippen LogP contribution in [-0.2, 0) is 6.54 Å². The van der Waals surface area contributed by atoms with Crippen molar-refractivity contribution < 1.29 is 22.7 Å². The molecule has 196 valence electrons. The van der Waals surface area contributed by atoms with Gasteiger partial charge in [-0.2, -0.15) is 18.3 Å². The lowest BCUT2D eigenvalue weighted by Crippen LogP contribution is -2.48. The van der Waals surface area contributed by atoms with Crippen molar-refractivity contribution in [3.8, 4) is 17.1 Å². The molecule has 1 unspecified atom stereocenters. The first-order valence-corrected chi connectivity index (χ1v) is 12.2. The number of rotatable bonds is 5. The van der Waals surface area contributed by atoms with Gasteiger partial charge in [-0.05, 0) is 29.3 Å². The second kappa shape index (κ2) is 9.32. The van der Waals surface area contributed by atoms with Crippen LogP contribution in [0.15, 0.2) is 60.8 Å². The molecule has 38 heavy (non-hydrogen) atoms. The number of hydrogen-bond donors (Lipinski definition) is 2. The van der Waals surface area contributed by atoms with Crippen molar-refractivity contribution in [2.24, 2.45) is 0 Å². The second-order valence-electron chi connectivity index (χ2n) is 9.67. The van der Waals surface area contributed by atoms with Gasteiger partial charge in [-0.25, -0.2) is 9.78 Å². The summed E-state index contributed by atoms with van der Waals surface area (Å²) < 4.78 is 45.1. The van der Waals surface area contributed by atoms with E-state index in [-0.39, 0.29) is 31.6 Å². The van der Waals surface area contributed by atoms with Crippen LogP contribution >= 0.6 is 0 Å². The number of nitrogens with one attached hydrogen (secondary N) is 2. The largest absolute Gasteiger partial charge is 0.481 e. The summed E-state index contributed by atoms with van der Waals surface area (Å²) in [5.41, 5.74) is 4.72. The molecule has 2 aromatic heterocycles. The highest BCUT2D eigenvalue weighted by Crippen LogP contribution is 2.38. The molecule has 1 fully saturated rings. The Balaban J connectivity index is 1.35. The fourth-order valence-corrected chi connectivity index (χ4v) is 5.55. The normalized spacial score (nSPS) is 20.0. The molecule has 2 aliphatic rings. The van der Waals surface area contributed by atoms with Crippen LogP contribution in [0.25, 0.3) is 22.2 Å². The number of nitrogens with zero attached hydrogens (tertiary/aromatic N) is 4. The minimum absolute atomic E-state index is 0.137. The number of aromatic nitrogens is 3. The van der Waals surface area contributed by atoms with E-state index in [4.69, 9.17) is 4.74 Å². The average Bonchev–Trinajstić information content (AvgIpc) is 3.50. The molecular weight excluding hydrogens is 497 g/mol. The first kappa shape index (κ1) is 24.2. The van der Waals surface area contributed by atoms with Crippen molar-refractivity contribution in [2.45, 2.75) is 24.7 Å². The van der Waals surface area contributed by atoms with Crippen molar-refractivity contribution in [1.29, 1.82) is 0 Å². The quantitative estimate of drug-likeness (QED) is 0.385. The van der Waals surface area contributed by atoms with Gasteiger partial charge in [0.05, 0.1) is 25.2 Å². The number of ether oxygens (including phenoxy) is 1. The van der Waals surface area contributed by atoms with E-state index < -0.39 is 18.8 Å². The minimum Gasteiger partial charge on any atom is -0.481 e. The van der Waals surface area contributed by atoms with Gasteiger partial charge in [-0.3, -0.25) is 10.00 Å². The third-order valence-corrected chi connectivity index (χ3v) is 7.24. The summed E-state index contributed by atoms with van der Waals surface area (Å²) in [5, 5.41) is 11.3. The molecule has 11 heteroatoms. The maximum Gasteiger partial charge on any atom is 0.401 e. The molecule has 0 radical (unpaired) electrons. The number of urea groups is 1. The molecule has 4 heterocycles. The zero-order valence-corrected chi connectivity index (χ0v) is 20.5. The van der Waals surface area contributed by atoms with Gasteiger partial charge >= 0.3 is 12.2 Å². The Bertz CT molecular complexity index is 1490. The summed E-state index contributed by atoms with van der Waals surface area (Å²) in [6.07, 6.45) is -2.67. The number of anilines is 1. The number of aromatic amines is 1. The highest BCUT2D eigenvalue weighted by Gasteiger charge is 2.44. The van der Waals surface area contributed by atoms with Crippen LogP contribution in [0.2, 0.25) is 0 Å². The smallest absolute Gasteiger partial charge is 0.401 e. The van der Waals surface area contributed by atoms with Gasteiger partial charge in [0, 0.05) is 54.5 Å². The van der Waals surface area contributed by atoms with Crippen LogP contribution in [0.5, 0.6) is 5.88 Å². The number of amides is 2. The topological polar surface area (TPSA) is 86.4 Å². The molecule has 2 N–H and O–H groups in total. The highest BCUT2D eigenvalue weighted by molar-refractivity contribution is 6.00. The molecule has 6 rings (SSSR count). The summed E-state index contributed by atoms with van der Waals surface area (Å²) in [7, 11) is 1.55. The van der Waals surface area contributed by atoms with Crippen LogP contribution in [0.4, 0.5) is 23.7 Å². The van der Waals surface area contributed by atoms with Gasteiger partial charge in [-0.1, -0.05) is 30.3 Å². The molecule has 0 saturated carbocycles. The van der Waals surface area contributed by atoms with Gasteiger partial charge in [0.1, 0.15) is 5.69 Å². The van der Waals surface area contributed by atoms with E-state index in [9.17, 15) is 18.0 Å². The van der Waals surface area contributed by atoms with Crippen LogP contribution in [0, 0.1) is 0 Å². The van der Waals surface area contributed by atoms with Crippen molar-refractivity contribution in [1.82, 2.24) is 25.0 Å². The number of benzene rings is 2. The Labute approximate surface area is 216 Å². The van der Waals surface area contributed by atoms with E-state index in [0.717, 1.165) is 27.6 Å². The average molecular weight is 523 g/mol. The number of hydrogen-bond acceptors (Lipinski definition) is 5. The minimum atomic E-state index is -4.31. The Morgan fingerprint density at radius 2 is 1.92 bits per heavy atom. The summed E-state index contributed by atoms with van der Waals surface area (Å²) >= 11 is 0. The molecule has 4 aromatic rings. The monoisotopic (exact) mass is 522 g/mol. The first-order chi connectivity index (χ1) is 18.3. The van der Waals surface area contributed by atoms with Gasteiger partial charge in [0.25, 0.3) is 0 Å². The number of carbonyl (C=O) groups excluding carboxylic acids is 1. The summed E-state index contributed by atoms with van der Waals surface area (Å²) in [6.45, 7) is -0.375. The molecule has 0 aliphatic carbocycles. The summed E-state index contributed by atoms with van der Waals surface area (Å²) in [6, 6.07) is 16.1. The zero-order chi connectivity index (χ0) is 26.4. The first-order valence-electron chi connectivity index (χ1n) is 12.2. The number of methoxy groups -OCH3 is 1. The van der Waals surface area contributed by atoms with Gasteiger partial charge in [0.15, 0.2) is 0 Å². The van der Waals surface area contributed by atoms with Crippen molar-refractivity contribution >= 4 is 22.6 Å². The van der Waals surface area contributed by atoms with E-state index >= 15 is 0 Å². The molecule has 2 amide bonds. The Morgan fingerprint density at radius 1 is 1.11 bits per heavy atom. The van der Waals surface area contributed by atoms with E-state index in [1.165, 1.54) is 4.90 Å². The van der Waals surface area contributed by atoms with Gasteiger partial charge in [0.2, 0.25) is 5.88 Å². The van der Waals surface area contributed by atoms with Crippen molar-refractivity contribution in [3.05, 3.63) is 71.9 Å². The third kappa shape index (κ3) is 4.53. The number of H-pyrrole nitrogens is 1. The van der Waals surface area contributed by atoms with Crippen LogP contribution in [0.3, 0.4) is 0 Å². The lowest BCUT2D eigenvalue weighted by Gasteiger charge is -2.36. The predicted octanol–water partition coefficient (Wildman–Crippen LogP) is 5.01. The Kier molecular flexibility index (Phi) is 5.94. The number of likely N-dealkylation sites (tertiary alicyclic amines) is 1. The maximum atomic E-state index is 13.3. The van der Waals surface area contributed by atoms with E-state index in [1.54, 1.807) is 24.3 Å². The standard InChI is InChI=1S/C27H25F3N6O2/c1-38-24-10-17(7-8-31-24)25-19-9-18-12-36(26(37)32-21(18)11-22(19)33-34-25)23-14-35(15-27(28,29)30)13-20(23)16-5-3-2-4-6-16/h2-11,20,23H,12-15H2,1H3,(H,32,37)(H,33,34)/t20?,23-/m1/s1. The van der Waals surface area contributed by atoms with E-state index in [1.807, 2.05) is 48.5 Å². The van der Waals surface area contributed by atoms with Gasteiger partial charge in [-0.15, -0.1) is 0 Å². The molecule has 2 atom stereocenters. The van der Waals surface area contributed by atoms with E-state index in [2.05, 4.69) is 20.5 Å². The third-order valence-electron chi connectivity index (χ3n) is 7.24. The number of pyridine rings is 1. The number of carbonyl (C=O) groups is 1. The van der Waals surface area contributed by atoms with Gasteiger partial charge < -0.3 is 15.0 Å². The second-order valence-corrected chi connectivity index (χ2v) is 9.67. The lowest BCUT2D eigenvalue weighted by atomic mass is 9.92. The number of halogens is 3. The Morgan fingerprint density at radius 3 is 2.68 bits per heavy atom. The fourth-order valence-electron chi connectivity index (χ4n) is 5.55. The number of fused-ring (bicyclic) bond motifs is 2. The molecular formula is C27H25F3N6O2. The van der Waals surface area contributed by atoms with Crippen LogP contribution in [-0.4, -0.2) is 70.0 Å². The number of alkyl halides is 3. The summed E-state index contributed by atoms with van der Waals surface area (Å²) in [4.78, 5) is 20.5. The Hall–Kier alpha value is -4.12. The maximum absolute atomic E-state index is 13.3. The fraction of sp³-hybridized carbons (Fsp3) is 0.296. The molecule has 2 aromatic carbocycles. The van der Waals surface area contributed by atoms with Crippen LogP contribution < -0.4 is 10.1 Å². The van der Waals surface area contributed by atoms with Crippen molar-refractivity contribution in [2.75, 3.05) is 32.1 Å². The zero-order valence-electron chi connectivity index (χ0n) is 20.5. The molecule has 0 spiro atoms. The molecule has 2 aliphatic heterocycles. The lowest BCUT2D eigenvalue weighted by molar-refractivity contribution is -0.143. The van der Waals surface area contributed by atoms with E-state index in [0.29, 0.717) is 17.3 Å². The van der Waals surface area contributed by atoms with Crippen molar-refractivity contribution in [3.63, 3.8) is 0 Å². The highest BCUT2D eigenvalue weighted by atomic mass is 19.4. The summed E-state index contributed by atoms with van der Waals surface area (Å²) in [5.74, 6) is 0.218. The molecule has 0 bridgehead atoms. The molecule has 8 nitrogen and oxygen atoms in total. The van der Waals surface area contributed by atoms with Crippen LogP contribution in [0.1, 0.15) is 17.0 Å². The SMILES string of the molecule is COc1cc(-c2n[nH]c3cc4c(cc23)CN([C@@H]2CN(CC(F)(F)F)CC2c2ccccc2)C(=O)N4)ccn1. The predicted molar refractivity (Wildman–Crippen MR) is 136 cm³/mol.